The molecule has 0 unspecified atom stereocenters. The maximum Gasteiger partial charge on any atom is 0.291 e. The van der Waals surface area contributed by atoms with Crippen molar-refractivity contribution in [3.8, 4) is 11.5 Å². The lowest BCUT2D eigenvalue weighted by atomic mass is 10.1. The minimum Gasteiger partial charge on any atom is -0.496 e. The number of hydrogen-bond donors (Lipinski definition) is 1. The summed E-state index contributed by atoms with van der Waals surface area (Å²) in [6.07, 6.45) is 3.36. The molecule has 0 bridgehead atoms. The Morgan fingerprint density at radius 1 is 1.10 bits per heavy atom. The molecule has 1 amide bonds. The highest BCUT2D eigenvalue weighted by molar-refractivity contribution is 6.02. The first kappa shape index (κ1) is 19.5. The molecule has 3 aromatic rings. The van der Waals surface area contributed by atoms with Gasteiger partial charge >= 0.3 is 0 Å². The molecule has 4 rings (SSSR count). The zero-order chi connectivity index (χ0) is 21.1. The predicted octanol–water partition coefficient (Wildman–Crippen LogP) is 4.52. The Labute approximate surface area is 172 Å². The van der Waals surface area contributed by atoms with E-state index in [0.717, 1.165) is 18.6 Å². The van der Waals surface area contributed by atoms with E-state index < -0.39 is 10.8 Å². The third-order valence-corrected chi connectivity index (χ3v) is 4.93. The van der Waals surface area contributed by atoms with Crippen molar-refractivity contribution in [1.29, 1.82) is 0 Å². The molecule has 30 heavy (non-hydrogen) atoms. The normalized spacial score (nSPS) is 12.3. The van der Waals surface area contributed by atoms with Crippen molar-refractivity contribution in [3.05, 3.63) is 81.3 Å². The Morgan fingerprint density at radius 3 is 2.73 bits per heavy atom. The fourth-order valence-corrected chi connectivity index (χ4v) is 3.44. The number of carbonyl (C=O) groups excluding carboxylic acids is 1. The van der Waals surface area contributed by atoms with Gasteiger partial charge in [-0.25, -0.2) is 0 Å². The third-order valence-electron chi connectivity index (χ3n) is 4.93. The number of rotatable bonds is 7. The number of nitrogens with zero attached hydrogens (tertiary/aromatic N) is 1. The van der Waals surface area contributed by atoms with Crippen molar-refractivity contribution >= 4 is 17.3 Å². The van der Waals surface area contributed by atoms with Crippen LogP contribution in [0.25, 0.3) is 0 Å². The van der Waals surface area contributed by atoms with Gasteiger partial charge in [-0.05, 0) is 54.7 Å². The van der Waals surface area contributed by atoms with Gasteiger partial charge < -0.3 is 19.2 Å². The van der Waals surface area contributed by atoms with Crippen molar-refractivity contribution < 1.29 is 23.6 Å². The summed E-state index contributed by atoms with van der Waals surface area (Å²) in [5.41, 5.74) is 2.74. The van der Waals surface area contributed by atoms with Crippen LogP contribution in [0.3, 0.4) is 0 Å². The smallest absolute Gasteiger partial charge is 0.291 e. The minimum absolute atomic E-state index is 0.0769. The van der Waals surface area contributed by atoms with Crippen molar-refractivity contribution in [2.24, 2.45) is 0 Å². The number of furan rings is 1. The van der Waals surface area contributed by atoms with Gasteiger partial charge in [0, 0.05) is 12.1 Å². The standard InChI is InChI=1S/C22H20N2O6/c1-28-20-11-16(10-17(12-20)24(26)27)23-22(25)21-8-7-19(30-21)13-29-18-6-5-14-3-2-4-15(14)9-18/h5-12H,2-4,13H2,1H3,(H,23,25). The van der Waals surface area contributed by atoms with Crippen LogP contribution in [-0.2, 0) is 19.4 Å². The van der Waals surface area contributed by atoms with Crippen LogP contribution < -0.4 is 14.8 Å². The Kier molecular flexibility index (Phi) is 5.38. The van der Waals surface area contributed by atoms with E-state index in [0.29, 0.717) is 5.76 Å². The van der Waals surface area contributed by atoms with E-state index in [1.807, 2.05) is 6.07 Å². The molecule has 0 atom stereocenters. The summed E-state index contributed by atoms with van der Waals surface area (Å²) >= 11 is 0. The summed E-state index contributed by atoms with van der Waals surface area (Å²) < 4.78 is 16.4. The number of carbonyl (C=O) groups is 1. The van der Waals surface area contributed by atoms with E-state index in [1.165, 1.54) is 48.9 Å². The van der Waals surface area contributed by atoms with Gasteiger partial charge in [0.05, 0.1) is 23.8 Å². The maximum atomic E-state index is 12.5. The first-order chi connectivity index (χ1) is 14.5. The molecular formula is C22H20N2O6. The Balaban J connectivity index is 1.40. The van der Waals surface area contributed by atoms with Crippen molar-refractivity contribution in [2.75, 3.05) is 12.4 Å². The highest BCUT2D eigenvalue weighted by Crippen LogP contribution is 2.28. The molecule has 8 heteroatoms. The maximum absolute atomic E-state index is 12.5. The van der Waals surface area contributed by atoms with Crippen LogP contribution in [0.2, 0.25) is 0 Å². The average Bonchev–Trinajstić information content (AvgIpc) is 3.41. The number of non-ortho nitro benzene ring substituents is 1. The number of methoxy groups -OCH3 is 1. The lowest BCUT2D eigenvalue weighted by molar-refractivity contribution is -0.384. The van der Waals surface area contributed by atoms with E-state index in [9.17, 15) is 14.9 Å². The Bertz CT molecular complexity index is 1100. The van der Waals surface area contributed by atoms with Crippen LogP contribution in [0.15, 0.2) is 52.9 Å². The third kappa shape index (κ3) is 4.27. The number of amides is 1. The van der Waals surface area contributed by atoms with E-state index >= 15 is 0 Å². The van der Waals surface area contributed by atoms with Gasteiger partial charge in [0.15, 0.2) is 5.76 Å². The number of aryl methyl sites for hydroxylation is 2. The van der Waals surface area contributed by atoms with E-state index in [4.69, 9.17) is 13.9 Å². The van der Waals surface area contributed by atoms with Gasteiger partial charge in [0.25, 0.3) is 11.6 Å². The zero-order valence-electron chi connectivity index (χ0n) is 16.3. The number of nitro benzene ring substituents is 1. The van der Waals surface area contributed by atoms with Crippen LogP contribution in [-0.4, -0.2) is 17.9 Å². The molecule has 1 N–H and O–H groups in total. The summed E-state index contributed by atoms with van der Waals surface area (Å²) in [5.74, 6) is 1.08. The second-order valence-corrected chi connectivity index (χ2v) is 6.97. The topological polar surface area (TPSA) is 104 Å². The number of fused-ring (bicyclic) bond motifs is 1. The number of benzene rings is 2. The molecule has 0 aliphatic heterocycles. The fourth-order valence-electron chi connectivity index (χ4n) is 3.44. The monoisotopic (exact) mass is 408 g/mol. The van der Waals surface area contributed by atoms with E-state index in [1.54, 1.807) is 6.07 Å². The van der Waals surface area contributed by atoms with Crippen molar-refractivity contribution in [3.63, 3.8) is 0 Å². The molecule has 0 saturated carbocycles. The quantitative estimate of drug-likeness (QED) is 0.455. The molecule has 0 radical (unpaired) electrons. The summed E-state index contributed by atoms with van der Waals surface area (Å²) in [6, 6.07) is 13.3. The molecule has 2 aromatic carbocycles. The summed E-state index contributed by atoms with van der Waals surface area (Å²) in [5, 5.41) is 13.6. The lowest BCUT2D eigenvalue weighted by Gasteiger charge is -2.07. The molecular weight excluding hydrogens is 388 g/mol. The number of nitro groups is 1. The fraction of sp³-hybridized carbons (Fsp3) is 0.227. The number of hydrogen-bond acceptors (Lipinski definition) is 6. The number of nitrogens with one attached hydrogen (secondary N) is 1. The molecule has 1 aliphatic rings. The minimum atomic E-state index is -0.556. The lowest BCUT2D eigenvalue weighted by Crippen LogP contribution is -2.11. The molecule has 1 aromatic heterocycles. The van der Waals surface area contributed by atoms with Gasteiger partial charge in [-0.1, -0.05) is 6.07 Å². The van der Waals surface area contributed by atoms with Gasteiger partial charge in [0.2, 0.25) is 0 Å². The average molecular weight is 408 g/mol. The molecule has 8 nitrogen and oxygen atoms in total. The molecule has 1 heterocycles. The van der Waals surface area contributed by atoms with Gasteiger partial charge in [-0.15, -0.1) is 0 Å². The second-order valence-electron chi connectivity index (χ2n) is 6.97. The zero-order valence-corrected chi connectivity index (χ0v) is 16.3. The first-order valence-corrected chi connectivity index (χ1v) is 9.50. The predicted molar refractivity (Wildman–Crippen MR) is 109 cm³/mol. The SMILES string of the molecule is COc1cc(NC(=O)c2ccc(COc3ccc4c(c3)CCC4)o2)cc([N+](=O)[O-])c1. The molecule has 0 fully saturated rings. The van der Waals surface area contributed by atoms with Crippen LogP contribution in [0.4, 0.5) is 11.4 Å². The largest absolute Gasteiger partial charge is 0.496 e. The van der Waals surface area contributed by atoms with Crippen molar-refractivity contribution in [2.45, 2.75) is 25.9 Å². The highest BCUT2D eigenvalue weighted by atomic mass is 16.6. The van der Waals surface area contributed by atoms with Gasteiger partial charge in [-0.3, -0.25) is 14.9 Å². The molecule has 154 valence electrons. The number of ether oxygens (including phenoxy) is 2. The van der Waals surface area contributed by atoms with E-state index in [-0.39, 0.29) is 29.5 Å². The Morgan fingerprint density at radius 2 is 1.93 bits per heavy atom. The molecule has 0 spiro atoms. The first-order valence-electron chi connectivity index (χ1n) is 9.50. The summed E-state index contributed by atoms with van der Waals surface area (Å²) in [7, 11) is 1.39. The van der Waals surface area contributed by atoms with Crippen molar-refractivity contribution in [1.82, 2.24) is 0 Å². The second kappa shape index (κ2) is 8.28. The van der Waals surface area contributed by atoms with Crippen LogP contribution >= 0.6 is 0 Å². The van der Waals surface area contributed by atoms with Crippen LogP contribution in [0.5, 0.6) is 11.5 Å². The van der Waals surface area contributed by atoms with Gasteiger partial charge in [0.1, 0.15) is 23.9 Å². The molecule has 1 aliphatic carbocycles. The van der Waals surface area contributed by atoms with Gasteiger partial charge in [-0.2, -0.15) is 0 Å². The summed E-state index contributed by atoms with van der Waals surface area (Å²) in [6.45, 7) is 0.191. The summed E-state index contributed by atoms with van der Waals surface area (Å²) in [4.78, 5) is 22.9. The van der Waals surface area contributed by atoms with E-state index in [2.05, 4.69) is 17.4 Å². The van der Waals surface area contributed by atoms with Crippen LogP contribution in [0.1, 0.15) is 33.9 Å². The number of anilines is 1. The molecule has 0 saturated heterocycles. The highest BCUT2D eigenvalue weighted by Gasteiger charge is 2.16. The van der Waals surface area contributed by atoms with Crippen LogP contribution in [0, 0.1) is 10.1 Å². The Hall–Kier alpha value is -3.81.